The number of aryl methyl sites for hydroxylation is 6. The first-order valence-electron chi connectivity index (χ1n) is 15.4. The lowest BCUT2D eigenvalue weighted by Crippen LogP contribution is -1.77. The zero-order valence-electron chi connectivity index (χ0n) is 26.6. The van der Waals surface area contributed by atoms with Crippen molar-refractivity contribution in [3.63, 3.8) is 0 Å². The Kier molecular flexibility index (Phi) is 7.69. The normalized spacial score (nSPS) is 11.3. The summed E-state index contributed by atoms with van der Waals surface area (Å²) in [6.07, 6.45) is 0. The van der Waals surface area contributed by atoms with E-state index in [0.29, 0.717) is 0 Å². The molecule has 0 aliphatic carbocycles. The molecular weight excluding hydrogens is 585 g/mol. The van der Waals surface area contributed by atoms with Crippen LogP contribution in [0.1, 0.15) is 33.4 Å². The van der Waals surface area contributed by atoms with Gasteiger partial charge in [0.25, 0.3) is 0 Å². The van der Waals surface area contributed by atoms with Crippen LogP contribution >= 0.6 is 22.7 Å². The summed E-state index contributed by atoms with van der Waals surface area (Å²) in [6, 6.07) is 39.1. The molecule has 9 rings (SSSR count). The molecule has 0 bridgehead atoms. The topological polar surface area (TPSA) is 13.1 Å². The van der Waals surface area contributed by atoms with Gasteiger partial charge in [-0.15, -0.1) is 22.7 Å². The third kappa shape index (κ3) is 5.63. The fraction of sp³-hybridized carbons (Fsp3) is 0.143. The van der Waals surface area contributed by atoms with Crippen LogP contribution in [0.5, 0.6) is 0 Å². The molecule has 222 valence electrons. The van der Waals surface area contributed by atoms with Crippen molar-refractivity contribution in [3.8, 4) is 0 Å². The molecule has 0 spiro atoms. The molecule has 0 aliphatic heterocycles. The highest BCUT2D eigenvalue weighted by molar-refractivity contribution is 7.26. The fourth-order valence-electron chi connectivity index (χ4n) is 6.13. The summed E-state index contributed by atoms with van der Waals surface area (Å²) in [5.41, 5.74) is 9.93. The van der Waals surface area contributed by atoms with Crippen molar-refractivity contribution in [2.75, 3.05) is 0 Å². The maximum Gasteiger partial charge on any atom is 0.135 e. The Balaban J connectivity index is 0.000000108. The number of hydrogen-bond acceptors (Lipinski definition) is 3. The van der Waals surface area contributed by atoms with Gasteiger partial charge >= 0.3 is 0 Å². The quantitative estimate of drug-likeness (QED) is 0.164. The van der Waals surface area contributed by atoms with Crippen LogP contribution < -0.4 is 0 Å². The van der Waals surface area contributed by atoms with Gasteiger partial charge in [-0.1, -0.05) is 76.9 Å². The van der Waals surface area contributed by atoms with Crippen molar-refractivity contribution >= 4 is 85.0 Å². The van der Waals surface area contributed by atoms with Crippen LogP contribution in [0, 0.1) is 41.5 Å². The Labute approximate surface area is 272 Å². The summed E-state index contributed by atoms with van der Waals surface area (Å²) in [7, 11) is 0. The van der Waals surface area contributed by atoms with Gasteiger partial charge in [0.2, 0.25) is 0 Å². The zero-order chi connectivity index (χ0) is 31.2. The molecule has 9 aromatic rings. The van der Waals surface area contributed by atoms with E-state index < -0.39 is 0 Å². The second kappa shape index (κ2) is 11.8. The van der Waals surface area contributed by atoms with Gasteiger partial charge in [0.1, 0.15) is 11.2 Å². The van der Waals surface area contributed by atoms with E-state index in [-0.39, 0.29) is 0 Å². The molecule has 45 heavy (non-hydrogen) atoms. The maximum absolute atomic E-state index is 5.76. The van der Waals surface area contributed by atoms with Gasteiger partial charge in [0.05, 0.1) is 0 Å². The minimum Gasteiger partial charge on any atom is -0.456 e. The maximum atomic E-state index is 5.76. The molecular formula is C42H36OS2. The van der Waals surface area contributed by atoms with E-state index in [0.717, 1.165) is 11.2 Å². The van der Waals surface area contributed by atoms with E-state index in [1.165, 1.54) is 84.5 Å². The third-order valence-electron chi connectivity index (χ3n) is 8.49. The number of rotatable bonds is 0. The summed E-state index contributed by atoms with van der Waals surface area (Å²) in [4.78, 5) is 0. The minimum absolute atomic E-state index is 0.973. The largest absolute Gasteiger partial charge is 0.456 e. The SMILES string of the molecule is Cc1ccc(C)c2c1sc1ccccc12.Cc1ccc2oc3ccc(C)cc3c2c1.Cc1ccc2sc3ccc(C)cc3c2c1. The van der Waals surface area contributed by atoms with Crippen LogP contribution in [0.3, 0.4) is 0 Å². The molecule has 0 fully saturated rings. The lowest BCUT2D eigenvalue weighted by atomic mass is 10.1. The highest BCUT2D eigenvalue weighted by Gasteiger charge is 2.09. The van der Waals surface area contributed by atoms with E-state index in [9.17, 15) is 0 Å². The van der Waals surface area contributed by atoms with Gasteiger partial charge in [-0.25, -0.2) is 0 Å². The van der Waals surface area contributed by atoms with E-state index in [2.05, 4.69) is 139 Å². The summed E-state index contributed by atoms with van der Waals surface area (Å²) in [5, 5.41) is 8.08. The van der Waals surface area contributed by atoms with Crippen molar-refractivity contribution in [2.45, 2.75) is 41.5 Å². The van der Waals surface area contributed by atoms with Crippen molar-refractivity contribution < 1.29 is 4.42 Å². The van der Waals surface area contributed by atoms with Gasteiger partial charge in [0, 0.05) is 51.1 Å². The first-order chi connectivity index (χ1) is 21.7. The summed E-state index contributed by atoms with van der Waals surface area (Å²) >= 11 is 3.78. The summed E-state index contributed by atoms with van der Waals surface area (Å²) < 4.78 is 11.4. The second-order valence-corrected chi connectivity index (χ2v) is 14.3. The van der Waals surface area contributed by atoms with Gasteiger partial charge in [-0.2, -0.15) is 0 Å². The average Bonchev–Trinajstić information content (AvgIpc) is 3.71. The Morgan fingerprint density at radius 1 is 0.400 bits per heavy atom. The van der Waals surface area contributed by atoms with Crippen molar-refractivity contribution in [1.82, 2.24) is 0 Å². The monoisotopic (exact) mass is 620 g/mol. The van der Waals surface area contributed by atoms with Crippen LogP contribution in [-0.4, -0.2) is 0 Å². The fourth-order valence-corrected chi connectivity index (χ4v) is 8.45. The number of hydrogen-bond donors (Lipinski definition) is 0. The Hall–Kier alpha value is -4.44. The molecule has 0 saturated carbocycles. The molecule has 0 atom stereocenters. The Morgan fingerprint density at radius 3 is 1.44 bits per heavy atom. The van der Waals surface area contributed by atoms with Crippen molar-refractivity contribution in [1.29, 1.82) is 0 Å². The van der Waals surface area contributed by atoms with E-state index in [1.807, 2.05) is 34.8 Å². The summed E-state index contributed by atoms with van der Waals surface area (Å²) in [5.74, 6) is 0. The van der Waals surface area contributed by atoms with E-state index in [4.69, 9.17) is 4.42 Å². The molecule has 3 aromatic heterocycles. The molecule has 0 radical (unpaired) electrons. The molecule has 0 unspecified atom stereocenters. The Bertz CT molecular complexity index is 2270. The zero-order valence-corrected chi connectivity index (χ0v) is 28.3. The standard InChI is InChI=1S/C14H12O.2C14H12S/c2*1-9-3-5-13-11(7-9)12-8-10(2)4-6-14(12)15-13;1-9-7-8-10(2)14-13(9)11-5-3-4-6-12(11)15-14/h3*3-8H,1-2H3. The summed E-state index contributed by atoms with van der Waals surface area (Å²) in [6.45, 7) is 12.9. The van der Waals surface area contributed by atoms with Gasteiger partial charge in [0.15, 0.2) is 0 Å². The Morgan fingerprint density at radius 2 is 0.867 bits per heavy atom. The molecule has 0 N–H and O–H groups in total. The molecule has 3 heterocycles. The highest BCUT2D eigenvalue weighted by Crippen LogP contribution is 2.37. The van der Waals surface area contributed by atoms with Crippen LogP contribution in [0.15, 0.2) is 114 Å². The van der Waals surface area contributed by atoms with Gasteiger partial charge in [-0.05, 0) is 107 Å². The smallest absolute Gasteiger partial charge is 0.135 e. The molecule has 0 aliphatic rings. The first-order valence-corrected chi connectivity index (χ1v) is 17.0. The predicted molar refractivity (Wildman–Crippen MR) is 201 cm³/mol. The molecule has 0 saturated heterocycles. The second-order valence-electron chi connectivity index (χ2n) is 12.2. The van der Waals surface area contributed by atoms with Gasteiger partial charge in [-0.3, -0.25) is 0 Å². The van der Waals surface area contributed by atoms with E-state index in [1.54, 1.807) is 0 Å². The average molecular weight is 621 g/mol. The number of thiophene rings is 2. The van der Waals surface area contributed by atoms with Gasteiger partial charge < -0.3 is 4.42 Å². The molecule has 6 aromatic carbocycles. The van der Waals surface area contributed by atoms with E-state index >= 15 is 0 Å². The lowest BCUT2D eigenvalue weighted by molar-refractivity contribution is 0.669. The van der Waals surface area contributed by atoms with Crippen LogP contribution in [0.2, 0.25) is 0 Å². The molecule has 0 amide bonds. The number of benzene rings is 6. The third-order valence-corrected chi connectivity index (χ3v) is 10.9. The minimum atomic E-state index is 0.973. The highest BCUT2D eigenvalue weighted by atomic mass is 32.1. The number of furan rings is 1. The lowest BCUT2D eigenvalue weighted by Gasteiger charge is -1.99. The first kappa shape index (κ1) is 29.3. The van der Waals surface area contributed by atoms with Crippen molar-refractivity contribution in [3.05, 3.63) is 143 Å². The van der Waals surface area contributed by atoms with Crippen LogP contribution in [0.4, 0.5) is 0 Å². The van der Waals surface area contributed by atoms with Crippen LogP contribution in [0.25, 0.3) is 62.3 Å². The van der Waals surface area contributed by atoms with Crippen molar-refractivity contribution in [2.24, 2.45) is 0 Å². The number of fused-ring (bicyclic) bond motifs is 9. The van der Waals surface area contributed by atoms with Crippen LogP contribution in [-0.2, 0) is 0 Å². The molecule has 3 heteroatoms. The predicted octanol–water partition coefficient (Wildman–Crippen LogP) is 13.5. The molecule has 1 nitrogen and oxygen atoms in total.